The molecule has 0 atom stereocenters. The quantitative estimate of drug-likeness (QED) is 0.375. The summed E-state index contributed by atoms with van der Waals surface area (Å²) >= 11 is 0. The van der Waals surface area contributed by atoms with Gasteiger partial charge >= 0.3 is 0 Å². The van der Waals surface area contributed by atoms with Crippen LogP contribution in [0.25, 0.3) is 0 Å². The SMILES string of the molecule is c1cc(NP(N2CCCCC2)N2CCCCC2)cc(NP(N2CCCCC2)N2CCCCC2)c1. The third kappa shape index (κ3) is 6.84. The van der Waals surface area contributed by atoms with Crippen molar-refractivity contribution in [2.45, 2.75) is 77.0 Å². The van der Waals surface area contributed by atoms with E-state index in [0.29, 0.717) is 0 Å². The van der Waals surface area contributed by atoms with Gasteiger partial charge in [0.1, 0.15) is 16.7 Å². The highest BCUT2D eigenvalue weighted by atomic mass is 31.2. The van der Waals surface area contributed by atoms with E-state index in [9.17, 15) is 0 Å². The van der Waals surface area contributed by atoms with Gasteiger partial charge in [0.2, 0.25) is 0 Å². The van der Waals surface area contributed by atoms with Crippen LogP contribution in [0.4, 0.5) is 11.4 Å². The molecule has 0 amide bonds. The van der Waals surface area contributed by atoms with E-state index < -0.39 is 16.7 Å². The summed E-state index contributed by atoms with van der Waals surface area (Å²) in [5.41, 5.74) is 2.58. The molecule has 190 valence electrons. The average Bonchev–Trinajstić information content (AvgIpc) is 2.92. The van der Waals surface area contributed by atoms with Crippen LogP contribution >= 0.6 is 16.7 Å². The summed E-state index contributed by atoms with van der Waals surface area (Å²) in [6.07, 6.45) is 16.4. The van der Waals surface area contributed by atoms with Crippen LogP contribution in [0.3, 0.4) is 0 Å². The Kier molecular flexibility index (Phi) is 9.76. The topological polar surface area (TPSA) is 37.0 Å². The molecular weight excluding hydrogens is 458 g/mol. The van der Waals surface area contributed by atoms with Crippen molar-refractivity contribution in [3.8, 4) is 0 Å². The van der Waals surface area contributed by atoms with Crippen molar-refractivity contribution >= 4 is 28.1 Å². The summed E-state index contributed by atoms with van der Waals surface area (Å²) in [7, 11) is -0.914. The second-order valence-corrected chi connectivity index (χ2v) is 14.3. The van der Waals surface area contributed by atoms with Crippen LogP contribution < -0.4 is 10.2 Å². The molecule has 0 saturated carbocycles. The van der Waals surface area contributed by atoms with Crippen LogP contribution in [-0.2, 0) is 0 Å². The monoisotopic (exact) mass is 504 g/mol. The van der Waals surface area contributed by atoms with E-state index >= 15 is 0 Å². The molecule has 4 saturated heterocycles. The van der Waals surface area contributed by atoms with Crippen LogP contribution in [0.5, 0.6) is 0 Å². The molecule has 0 spiro atoms. The first kappa shape index (κ1) is 25.2. The predicted octanol–water partition coefficient (Wildman–Crippen LogP) is 6.91. The second-order valence-electron chi connectivity index (χ2n) is 10.4. The maximum absolute atomic E-state index is 4.05. The molecule has 0 unspecified atom stereocenters. The fraction of sp³-hybridized carbons (Fsp3) is 0.769. The van der Waals surface area contributed by atoms with E-state index in [-0.39, 0.29) is 0 Å². The van der Waals surface area contributed by atoms with E-state index in [1.165, 1.54) is 141 Å². The lowest BCUT2D eigenvalue weighted by Gasteiger charge is -2.43. The first-order valence-corrected chi connectivity index (χ1v) is 16.6. The smallest absolute Gasteiger partial charge is 0.146 e. The number of piperidine rings is 4. The Morgan fingerprint density at radius 1 is 0.441 bits per heavy atom. The Labute approximate surface area is 210 Å². The lowest BCUT2D eigenvalue weighted by atomic mass is 10.2. The lowest BCUT2D eigenvalue weighted by molar-refractivity contribution is 0.312. The molecule has 6 nitrogen and oxygen atoms in total. The predicted molar refractivity (Wildman–Crippen MR) is 149 cm³/mol. The lowest BCUT2D eigenvalue weighted by Crippen LogP contribution is -2.37. The number of hydrogen-bond donors (Lipinski definition) is 2. The van der Waals surface area contributed by atoms with Gasteiger partial charge in [-0.25, -0.2) is 0 Å². The van der Waals surface area contributed by atoms with Gasteiger partial charge in [0, 0.05) is 63.7 Å². The molecule has 4 aliphatic heterocycles. The summed E-state index contributed by atoms with van der Waals surface area (Å²) in [6, 6.07) is 9.23. The van der Waals surface area contributed by atoms with Crippen molar-refractivity contribution in [2.24, 2.45) is 0 Å². The Morgan fingerprint density at radius 2 is 0.735 bits per heavy atom. The highest BCUT2D eigenvalue weighted by molar-refractivity contribution is 7.54. The van der Waals surface area contributed by atoms with E-state index in [1.807, 2.05) is 0 Å². The van der Waals surface area contributed by atoms with Gasteiger partial charge in [-0.2, -0.15) is 0 Å². The zero-order valence-corrected chi connectivity index (χ0v) is 22.9. The van der Waals surface area contributed by atoms with Crippen LogP contribution in [-0.4, -0.2) is 71.0 Å². The molecule has 4 heterocycles. The number of anilines is 2. The van der Waals surface area contributed by atoms with Gasteiger partial charge in [-0.05, 0) is 69.6 Å². The zero-order chi connectivity index (χ0) is 23.0. The molecule has 0 bridgehead atoms. The molecule has 1 aromatic rings. The number of benzene rings is 1. The average molecular weight is 505 g/mol. The van der Waals surface area contributed by atoms with E-state index in [2.05, 4.69) is 53.1 Å². The van der Waals surface area contributed by atoms with Gasteiger partial charge in [-0.3, -0.25) is 18.7 Å². The van der Waals surface area contributed by atoms with Crippen LogP contribution in [0.15, 0.2) is 24.3 Å². The summed E-state index contributed by atoms with van der Waals surface area (Å²) in [5.74, 6) is 0. The summed E-state index contributed by atoms with van der Waals surface area (Å²) in [5, 5.41) is 8.10. The highest BCUT2D eigenvalue weighted by Crippen LogP contribution is 2.49. The minimum Gasteiger partial charge on any atom is -0.340 e. The second kappa shape index (κ2) is 13.2. The molecule has 8 heteroatoms. The molecular formula is C26H46N6P2. The van der Waals surface area contributed by atoms with Gasteiger partial charge in [0.15, 0.2) is 0 Å². The van der Waals surface area contributed by atoms with Crippen molar-refractivity contribution < 1.29 is 0 Å². The molecule has 4 fully saturated rings. The molecule has 0 aromatic heterocycles. The van der Waals surface area contributed by atoms with Crippen molar-refractivity contribution in [1.82, 2.24) is 18.7 Å². The minimum absolute atomic E-state index is 0.457. The first-order valence-electron chi connectivity index (χ1n) is 14.1. The maximum Gasteiger partial charge on any atom is 0.146 e. The Bertz CT molecular complexity index is 635. The van der Waals surface area contributed by atoms with E-state index in [4.69, 9.17) is 0 Å². The minimum atomic E-state index is -0.457. The number of nitrogens with zero attached hydrogens (tertiary/aromatic N) is 4. The van der Waals surface area contributed by atoms with Crippen LogP contribution in [0, 0.1) is 0 Å². The maximum atomic E-state index is 4.05. The van der Waals surface area contributed by atoms with Crippen molar-refractivity contribution in [1.29, 1.82) is 0 Å². The van der Waals surface area contributed by atoms with Crippen molar-refractivity contribution in [2.75, 3.05) is 62.5 Å². The summed E-state index contributed by atoms with van der Waals surface area (Å²) < 4.78 is 11.1. The molecule has 0 aliphatic carbocycles. The third-order valence-corrected chi connectivity index (χ3v) is 12.4. The first-order chi connectivity index (χ1) is 16.9. The van der Waals surface area contributed by atoms with E-state index in [0.717, 1.165) is 0 Å². The zero-order valence-electron chi connectivity index (χ0n) is 21.1. The van der Waals surface area contributed by atoms with Crippen molar-refractivity contribution in [3.63, 3.8) is 0 Å². The van der Waals surface area contributed by atoms with Gasteiger partial charge < -0.3 is 10.2 Å². The fourth-order valence-electron chi connectivity index (χ4n) is 5.80. The van der Waals surface area contributed by atoms with Gasteiger partial charge in [-0.15, -0.1) is 0 Å². The highest BCUT2D eigenvalue weighted by Gasteiger charge is 2.30. The van der Waals surface area contributed by atoms with Crippen LogP contribution in [0.1, 0.15) is 77.0 Å². The Balaban J connectivity index is 1.30. The molecule has 1 aromatic carbocycles. The third-order valence-electron chi connectivity index (χ3n) is 7.72. The molecule has 34 heavy (non-hydrogen) atoms. The standard InChI is InChI=1S/C26H46N6P2/c1-5-16-29(17-6-1)33(30-18-7-2-8-19-30)27-25-14-13-15-26(24-25)28-34(31-20-9-3-10-21-31)32-22-11-4-12-23-32/h13-15,24,27-28H,1-12,16-23H2. The molecule has 0 radical (unpaired) electrons. The summed E-state index contributed by atoms with van der Waals surface area (Å²) in [6.45, 7) is 10.0. The number of hydrogen-bond acceptors (Lipinski definition) is 6. The molecule has 4 aliphatic rings. The molecule has 2 N–H and O–H groups in total. The van der Waals surface area contributed by atoms with Crippen molar-refractivity contribution in [3.05, 3.63) is 24.3 Å². The summed E-state index contributed by atoms with van der Waals surface area (Å²) in [4.78, 5) is 0. The van der Waals surface area contributed by atoms with Gasteiger partial charge in [0.25, 0.3) is 0 Å². The Morgan fingerprint density at radius 3 is 1.03 bits per heavy atom. The number of nitrogens with one attached hydrogen (secondary N) is 2. The fourth-order valence-corrected chi connectivity index (χ4v) is 10.5. The number of rotatable bonds is 8. The van der Waals surface area contributed by atoms with Crippen LogP contribution in [0.2, 0.25) is 0 Å². The normalized spacial score (nSPS) is 24.5. The van der Waals surface area contributed by atoms with E-state index in [1.54, 1.807) is 0 Å². The van der Waals surface area contributed by atoms with Gasteiger partial charge in [-0.1, -0.05) is 31.7 Å². The Hall–Kier alpha value is -0.480. The van der Waals surface area contributed by atoms with Gasteiger partial charge in [0.05, 0.1) is 0 Å². The molecule has 5 rings (SSSR count). The largest absolute Gasteiger partial charge is 0.340 e.